The molecule has 2 aliphatic heterocycles. The summed E-state index contributed by atoms with van der Waals surface area (Å²) in [5, 5.41) is 65.9. The Balaban J connectivity index is 1.73. The molecular weight excluding hydrogens is 384 g/mol. The molecule has 164 valence electrons. The van der Waals surface area contributed by atoms with Crippen molar-refractivity contribution in [2.75, 3.05) is 10.6 Å². The van der Waals surface area contributed by atoms with E-state index in [1.807, 2.05) is 6.92 Å². The Hall–Kier alpha value is -1.50. The van der Waals surface area contributed by atoms with Crippen LogP contribution < -0.4 is 10.6 Å². The van der Waals surface area contributed by atoms with Crippen molar-refractivity contribution in [1.29, 1.82) is 0 Å². The Bertz CT molecular complexity index is 707. The van der Waals surface area contributed by atoms with Gasteiger partial charge in [-0.3, -0.25) is 0 Å². The monoisotopic (exact) mass is 414 g/mol. The summed E-state index contributed by atoms with van der Waals surface area (Å²) in [5.41, 5.74) is 1.97. The highest BCUT2D eigenvalue weighted by atomic mass is 16.6. The molecule has 0 aromatic heterocycles. The molecule has 2 aliphatic rings. The van der Waals surface area contributed by atoms with Crippen molar-refractivity contribution in [2.24, 2.45) is 0 Å². The van der Waals surface area contributed by atoms with Gasteiger partial charge in [0, 0.05) is 11.4 Å². The number of nitrogens with one attached hydrogen (secondary N) is 2. The molecule has 10 nitrogen and oxygen atoms in total. The molecule has 2 heterocycles. The van der Waals surface area contributed by atoms with E-state index in [-0.39, 0.29) is 0 Å². The van der Waals surface area contributed by atoms with Gasteiger partial charge in [0.15, 0.2) is 12.5 Å². The van der Waals surface area contributed by atoms with Crippen molar-refractivity contribution >= 4 is 11.4 Å². The second-order valence-corrected chi connectivity index (χ2v) is 7.79. The molecule has 0 spiro atoms. The minimum Gasteiger partial charge on any atom is -0.388 e. The topological polar surface area (TPSA) is 164 Å². The van der Waals surface area contributed by atoms with Gasteiger partial charge in [0.25, 0.3) is 0 Å². The quantitative estimate of drug-likeness (QED) is 0.290. The van der Waals surface area contributed by atoms with Crippen LogP contribution in [0, 0.1) is 6.92 Å². The number of rotatable bonds is 4. The Kier molecular flexibility index (Phi) is 6.66. The Morgan fingerprint density at radius 1 is 0.690 bits per heavy atom. The summed E-state index contributed by atoms with van der Waals surface area (Å²) >= 11 is 0. The highest BCUT2D eigenvalue weighted by Gasteiger charge is 2.43. The van der Waals surface area contributed by atoms with Crippen molar-refractivity contribution in [3.63, 3.8) is 0 Å². The lowest BCUT2D eigenvalue weighted by atomic mass is 9.98. The first kappa shape index (κ1) is 22.2. The average Bonchev–Trinajstić information content (AvgIpc) is 2.69. The molecule has 10 atom stereocenters. The summed E-state index contributed by atoms with van der Waals surface area (Å²) in [4.78, 5) is 0. The van der Waals surface area contributed by atoms with E-state index >= 15 is 0 Å². The van der Waals surface area contributed by atoms with E-state index in [9.17, 15) is 30.6 Å². The molecule has 8 N–H and O–H groups in total. The fourth-order valence-corrected chi connectivity index (χ4v) is 3.53. The third-order valence-electron chi connectivity index (χ3n) is 5.55. The molecule has 29 heavy (non-hydrogen) atoms. The van der Waals surface area contributed by atoms with Crippen molar-refractivity contribution < 1.29 is 40.1 Å². The van der Waals surface area contributed by atoms with Gasteiger partial charge in [0.05, 0.1) is 12.2 Å². The molecule has 0 saturated carbocycles. The van der Waals surface area contributed by atoms with E-state index in [1.54, 1.807) is 32.0 Å². The van der Waals surface area contributed by atoms with E-state index < -0.39 is 61.3 Å². The Morgan fingerprint density at radius 2 is 1.17 bits per heavy atom. The lowest BCUT2D eigenvalue weighted by molar-refractivity contribution is -0.209. The molecular formula is C19H30N2O8. The zero-order valence-electron chi connectivity index (χ0n) is 16.5. The van der Waals surface area contributed by atoms with Gasteiger partial charge in [0.2, 0.25) is 0 Å². The predicted molar refractivity (Wildman–Crippen MR) is 103 cm³/mol. The maximum absolute atomic E-state index is 10.2. The van der Waals surface area contributed by atoms with Gasteiger partial charge >= 0.3 is 0 Å². The van der Waals surface area contributed by atoms with Gasteiger partial charge in [-0.05, 0) is 38.5 Å². The number of hydrogen-bond acceptors (Lipinski definition) is 10. The maximum Gasteiger partial charge on any atom is 0.157 e. The molecule has 1 aromatic carbocycles. The summed E-state index contributed by atoms with van der Waals surface area (Å²) in [6.45, 7) is 5.03. The molecule has 2 fully saturated rings. The lowest BCUT2D eigenvalue weighted by Crippen LogP contribution is -2.59. The number of anilines is 2. The second-order valence-electron chi connectivity index (χ2n) is 7.79. The molecule has 3 rings (SSSR count). The van der Waals surface area contributed by atoms with Gasteiger partial charge in [-0.15, -0.1) is 0 Å². The molecule has 0 aliphatic carbocycles. The van der Waals surface area contributed by atoms with E-state index in [4.69, 9.17) is 9.47 Å². The van der Waals surface area contributed by atoms with Crippen molar-refractivity contribution in [2.45, 2.75) is 82.1 Å². The predicted octanol–water partition coefficient (Wildman–Crippen LogP) is -1.53. The number of aryl methyl sites for hydroxylation is 1. The average molecular weight is 414 g/mol. The fraction of sp³-hybridized carbons (Fsp3) is 0.684. The largest absolute Gasteiger partial charge is 0.388 e. The molecule has 0 radical (unpaired) electrons. The van der Waals surface area contributed by atoms with E-state index in [0.717, 1.165) is 5.56 Å². The van der Waals surface area contributed by atoms with Crippen LogP contribution in [0.1, 0.15) is 19.4 Å². The van der Waals surface area contributed by atoms with Crippen molar-refractivity contribution in [3.8, 4) is 0 Å². The maximum atomic E-state index is 10.2. The van der Waals surface area contributed by atoms with Crippen LogP contribution in [0.4, 0.5) is 11.4 Å². The van der Waals surface area contributed by atoms with Gasteiger partial charge in [0.1, 0.15) is 36.6 Å². The van der Waals surface area contributed by atoms with Crippen LogP contribution in [-0.4, -0.2) is 91.9 Å². The summed E-state index contributed by atoms with van der Waals surface area (Å²) in [5.74, 6) is 0. The zero-order chi connectivity index (χ0) is 21.5. The summed E-state index contributed by atoms with van der Waals surface area (Å²) in [7, 11) is 0. The highest BCUT2D eigenvalue weighted by molar-refractivity contribution is 5.61. The van der Waals surface area contributed by atoms with Gasteiger partial charge in [-0.2, -0.15) is 0 Å². The number of aliphatic hydroxyl groups excluding tert-OH is 6. The Morgan fingerprint density at radius 3 is 1.69 bits per heavy atom. The molecule has 2 saturated heterocycles. The van der Waals surface area contributed by atoms with Crippen LogP contribution >= 0.6 is 0 Å². The lowest BCUT2D eigenvalue weighted by Gasteiger charge is -2.40. The minimum atomic E-state index is -1.35. The normalized spacial score (nSPS) is 43.1. The van der Waals surface area contributed by atoms with Crippen LogP contribution in [0.25, 0.3) is 0 Å². The highest BCUT2D eigenvalue weighted by Crippen LogP contribution is 2.28. The first-order valence-corrected chi connectivity index (χ1v) is 9.63. The second kappa shape index (κ2) is 8.70. The van der Waals surface area contributed by atoms with Gasteiger partial charge in [-0.1, -0.05) is 6.07 Å². The molecule has 0 amide bonds. The van der Waals surface area contributed by atoms with Crippen LogP contribution in [0.3, 0.4) is 0 Å². The van der Waals surface area contributed by atoms with Crippen LogP contribution in [-0.2, 0) is 9.47 Å². The molecule has 1 aromatic rings. The molecule has 0 bridgehead atoms. The van der Waals surface area contributed by atoms with Crippen molar-refractivity contribution in [1.82, 2.24) is 0 Å². The molecule has 0 unspecified atom stereocenters. The zero-order valence-corrected chi connectivity index (χ0v) is 16.5. The SMILES string of the molecule is Cc1ccc(N[C@@H]2O[C@@H](C)[C@@H](O)[C@@H](O)[C@H]2O)cc1N[C@H]1O[C@@H](C)[C@@H](O)[C@@H](O)[C@@H]1O. The van der Waals surface area contributed by atoms with Crippen LogP contribution in [0.5, 0.6) is 0 Å². The third kappa shape index (κ3) is 4.49. The van der Waals surface area contributed by atoms with Crippen LogP contribution in [0.2, 0.25) is 0 Å². The standard InChI is InChI=1S/C19H30N2O8/c1-7-4-5-10(20-18-16(26)14(24)12(22)8(2)28-18)6-11(7)21-19-17(27)15(25)13(23)9(3)29-19/h4-6,8-9,12-27H,1-3H3/t8-,9-,12+,13+,14+,15+,16+,17-,18+,19-/m0/s1. The third-order valence-corrected chi connectivity index (χ3v) is 5.55. The van der Waals surface area contributed by atoms with Crippen molar-refractivity contribution in [3.05, 3.63) is 23.8 Å². The number of aliphatic hydroxyl groups is 6. The Labute approximate surface area is 168 Å². The van der Waals surface area contributed by atoms with Gasteiger partial charge < -0.3 is 50.7 Å². The minimum absolute atomic E-state index is 0.553. The van der Waals surface area contributed by atoms with E-state index in [0.29, 0.717) is 11.4 Å². The summed E-state index contributed by atoms with van der Waals surface area (Å²) < 4.78 is 11.1. The van der Waals surface area contributed by atoms with Gasteiger partial charge in [-0.25, -0.2) is 0 Å². The number of hydrogen-bond donors (Lipinski definition) is 8. The van der Waals surface area contributed by atoms with Crippen LogP contribution in [0.15, 0.2) is 18.2 Å². The number of benzene rings is 1. The number of ether oxygens (including phenoxy) is 2. The first-order chi connectivity index (χ1) is 13.6. The first-order valence-electron chi connectivity index (χ1n) is 9.63. The summed E-state index contributed by atoms with van der Waals surface area (Å²) in [6, 6.07) is 5.24. The summed E-state index contributed by atoms with van der Waals surface area (Å²) in [6.07, 6.45) is -11.0. The fourth-order valence-electron chi connectivity index (χ4n) is 3.53. The van der Waals surface area contributed by atoms with E-state index in [2.05, 4.69) is 10.6 Å². The smallest absolute Gasteiger partial charge is 0.157 e. The molecule has 10 heteroatoms. The van der Waals surface area contributed by atoms with E-state index in [1.165, 1.54) is 0 Å².